The monoisotopic (exact) mass is 404 g/mol. The number of hydrogen-bond acceptors (Lipinski definition) is 5. The minimum atomic E-state index is -0.318. The van der Waals surface area contributed by atoms with Gasteiger partial charge in [0.1, 0.15) is 0 Å². The highest BCUT2D eigenvalue weighted by Gasteiger charge is 2.34. The highest BCUT2D eigenvalue weighted by atomic mass is 35.5. The number of anilines is 2. The van der Waals surface area contributed by atoms with Gasteiger partial charge in [-0.05, 0) is 12.1 Å². The molecule has 0 bridgehead atoms. The molecule has 2 aliphatic heterocycles. The predicted molar refractivity (Wildman–Crippen MR) is 106 cm³/mol. The third-order valence-corrected chi connectivity index (χ3v) is 4.59. The number of ether oxygens (including phenoxy) is 1. The van der Waals surface area contributed by atoms with Gasteiger partial charge in [-0.3, -0.25) is 14.5 Å². The molecule has 1 aromatic carbocycles. The van der Waals surface area contributed by atoms with Gasteiger partial charge >= 0.3 is 0 Å². The van der Waals surface area contributed by atoms with Gasteiger partial charge in [-0.15, -0.1) is 24.8 Å². The van der Waals surface area contributed by atoms with Crippen molar-refractivity contribution in [2.45, 2.75) is 6.42 Å². The molecule has 1 atom stereocenters. The Kier molecular flexibility index (Phi) is 9.15. The van der Waals surface area contributed by atoms with E-state index in [1.54, 1.807) is 17.0 Å². The van der Waals surface area contributed by atoms with Crippen LogP contribution < -0.4 is 11.1 Å². The number of carbonyl (C=O) groups excluding carboxylic acids is 2. The zero-order valence-corrected chi connectivity index (χ0v) is 16.2. The second kappa shape index (κ2) is 10.6. The third-order valence-electron chi connectivity index (χ3n) is 4.59. The van der Waals surface area contributed by atoms with Gasteiger partial charge in [-0.1, -0.05) is 12.1 Å². The van der Waals surface area contributed by atoms with Crippen molar-refractivity contribution in [3.05, 3.63) is 24.3 Å². The van der Waals surface area contributed by atoms with Gasteiger partial charge in [0.05, 0.1) is 30.5 Å². The molecule has 26 heavy (non-hydrogen) atoms. The van der Waals surface area contributed by atoms with Gasteiger partial charge < -0.3 is 20.7 Å². The fourth-order valence-electron chi connectivity index (χ4n) is 3.10. The van der Waals surface area contributed by atoms with Crippen LogP contribution in [0.5, 0.6) is 0 Å². The van der Waals surface area contributed by atoms with Crippen LogP contribution >= 0.6 is 24.8 Å². The van der Waals surface area contributed by atoms with Gasteiger partial charge in [0, 0.05) is 39.1 Å². The Morgan fingerprint density at radius 1 is 1.19 bits per heavy atom. The second-order valence-electron chi connectivity index (χ2n) is 6.27. The summed E-state index contributed by atoms with van der Waals surface area (Å²) >= 11 is 0. The Morgan fingerprint density at radius 3 is 2.58 bits per heavy atom. The summed E-state index contributed by atoms with van der Waals surface area (Å²) in [7, 11) is 0. The van der Waals surface area contributed by atoms with Gasteiger partial charge in [-0.2, -0.15) is 0 Å². The lowest BCUT2D eigenvalue weighted by atomic mass is 10.1. The van der Waals surface area contributed by atoms with E-state index in [1.165, 1.54) is 0 Å². The zero-order chi connectivity index (χ0) is 16.9. The van der Waals surface area contributed by atoms with E-state index in [9.17, 15) is 9.59 Å². The van der Waals surface area contributed by atoms with Crippen molar-refractivity contribution in [2.24, 2.45) is 5.92 Å². The molecule has 7 nitrogen and oxygen atoms in total. The van der Waals surface area contributed by atoms with Crippen LogP contribution in [0, 0.1) is 5.92 Å². The molecule has 2 amide bonds. The second-order valence-corrected chi connectivity index (χ2v) is 6.27. The van der Waals surface area contributed by atoms with Crippen molar-refractivity contribution in [3.63, 3.8) is 0 Å². The Balaban J connectivity index is 0.00000169. The molecule has 1 unspecified atom stereocenters. The minimum absolute atomic E-state index is 0. The van der Waals surface area contributed by atoms with Crippen molar-refractivity contribution in [1.29, 1.82) is 0 Å². The maximum atomic E-state index is 12.4. The van der Waals surface area contributed by atoms with Crippen LogP contribution in [-0.2, 0) is 14.3 Å². The van der Waals surface area contributed by atoms with Crippen LogP contribution in [0.25, 0.3) is 0 Å². The van der Waals surface area contributed by atoms with Crippen molar-refractivity contribution in [2.75, 3.05) is 57.0 Å². The average Bonchev–Trinajstić information content (AvgIpc) is 2.97. The molecular weight excluding hydrogens is 379 g/mol. The van der Waals surface area contributed by atoms with Crippen LogP contribution in [0.3, 0.4) is 0 Å². The number of hydrogen-bond donors (Lipinski definition) is 2. The molecule has 146 valence electrons. The van der Waals surface area contributed by atoms with E-state index in [0.717, 1.165) is 32.8 Å². The van der Waals surface area contributed by atoms with Crippen LogP contribution in [0.4, 0.5) is 11.4 Å². The lowest BCUT2D eigenvalue weighted by Crippen LogP contribution is -2.42. The number of rotatable bonds is 5. The summed E-state index contributed by atoms with van der Waals surface area (Å²) in [6.07, 6.45) is 0.266. The standard InChI is InChI=1S/C17H24N4O3.2ClH/c18-14-3-1-2-4-15(14)19-17(23)13-11-16(22)21(12-13)6-5-20-7-9-24-10-8-20;;/h1-4,13H,5-12,18H2,(H,19,23);2*1H. The van der Waals surface area contributed by atoms with E-state index in [4.69, 9.17) is 10.5 Å². The Hall–Kier alpha value is -1.54. The minimum Gasteiger partial charge on any atom is -0.397 e. The number of likely N-dealkylation sites (tertiary alicyclic amines) is 1. The molecule has 3 rings (SSSR count). The predicted octanol–water partition coefficient (Wildman–Crippen LogP) is 1.23. The maximum Gasteiger partial charge on any atom is 0.229 e. The number of amides is 2. The van der Waals surface area contributed by atoms with Crippen molar-refractivity contribution in [1.82, 2.24) is 9.80 Å². The lowest BCUT2D eigenvalue weighted by molar-refractivity contribution is -0.128. The van der Waals surface area contributed by atoms with Gasteiger partial charge in [0.25, 0.3) is 0 Å². The molecule has 9 heteroatoms. The summed E-state index contributed by atoms with van der Waals surface area (Å²) < 4.78 is 5.32. The van der Waals surface area contributed by atoms with Crippen molar-refractivity contribution < 1.29 is 14.3 Å². The molecule has 2 aliphatic rings. The van der Waals surface area contributed by atoms with Crippen LogP contribution in [-0.4, -0.2) is 67.6 Å². The Morgan fingerprint density at radius 2 is 1.88 bits per heavy atom. The number of nitrogens with one attached hydrogen (secondary N) is 1. The number of nitrogens with two attached hydrogens (primary N) is 1. The number of para-hydroxylation sites is 2. The molecule has 0 radical (unpaired) electrons. The maximum absolute atomic E-state index is 12.4. The van der Waals surface area contributed by atoms with Crippen molar-refractivity contribution >= 4 is 48.0 Å². The van der Waals surface area contributed by atoms with E-state index in [2.05, 4.69) is 10.2 Å². The van der Waals surface area contributed by atoms with E-state index in [0.29, 0.717) is 24.5 Å². The quantitative estimate of drug-likeness (QED) is 0.720. The SMILES string of the molecule is Cl.Cl.Nc1ccccc1NC(=O)C1CC(=O)N(CCN2CCOCC2)C1. The van der Waals surface area contributed by atoms with Gasteiger partial charge in [0.15, 0.2) is 0 Å². The zero-order valence-electron chi connectivity index (χ0n) is 14.6. The largest absolute Gasteiger partial charge is 0.397 e. The Bertz CT molecular complexity index is 611. The molecule has 0 spiro atoms. The van der Waals surface area contributed by atoms with E-state index in [-0.39, 0.29) is 49.0 Å². The smallest absolute Gasteiger partial charge is 0.229 e. The van der Waals surface area contributed by atoms with E-state index < -0.39 is 0 Å². The molecular formula is C17H26Cl2N4O3. The summed E-state index contributed by atoms with van der Waals surface area (Å²) in [6.45, 7) is 5.26. The topological polar surface area (TPSA) is 87.9 Å². The third kappa shape index (κ3) is 5.74. The number of carbonyl (C=O) groups is 2. The highest BCUT2D eigenvalue weighted by Crippen LogP contribution is 2.22. The van der Waals surface area contributed by atoms with Gasteiger partial charge in [-0.25, -0.2) is 0 Å². The molecule has 2 fully saturated rings. The van der Waals surface area contributed by atoms with E-state index >= 15 is 0 Å². The first kappa shape index (κ1) is 22.5. The molecule has 1 aromatic rings. The molecule has 0 aromatic heterocycles. The number of nitrogens with zero attached hydrogens (tertiary/aromatic N) is 2. The fourth-order valence-corrected chi connectivity index (χ4v) is 3.10. The summed E-state index contributed by atoms with van der Waals surface area (Å²) in [5.74, 6) is -0.415. The highest BCUT2D eigenvalue weighted by molar-refractivity contribution is 5.99. The summed E-state index contributed by atoms with van der Waals surface area (Å²) in [5.41, 5.74) is 6.97. The lowest BCUT2D eigenvalue weighted by Gasteiger charge is -2.28. The first-order valence-corrected chi connectivity index (χ1v) is 8.37. The number of nitrogen functional groups attached to an aromatic ring is 1. The van der Waals surface area contributed by atoms with Crippen LogP contribution in [0.15, 0.2) is 24.3 Å². The summed E-state index contributed by atoms with van der Waals surface area (Å²) in [5, 5.41) is 2.83. The molecule has 0 saturated carbocycles. The normalized spacial score (nSPS) is 20.2. The summed E-state index contributed by atoms with van der Waals surface area (Å²) in [4.78, 5) is 28.6. The molecule has 2 saturated heterocycles. The van der Waals surface area contributed by atoms with Crippen LogP contribution in [0.2, 0.25) is 0 Å². The van der Waals surface area contributed by atoms with Crippen LogP contribution in [0.1, 0.15) is 6.42 Å². The summed E-state index contributed by atoms with van der Waals surface area (Å²) in [6, 6.07) is 7.14. The first-order valence-electron chi connectivity index (χ1n) is 8.37. The fraction of sp³-hybridized carbons (Fsp3) is 0.529. The van der Waals surface area contributed by atoms with Gasteiger partial charge in [0.2, 0.25) is 11.8 Å². The van der Waals surface area contributed by atoms with E-state index in [1.807, 2.05) is 12.1 Å². The molecule has 0 aliphatic carbocycles. The number of benzene rings is 1. The van der Waals surface area contributed by atoms with Crippen molar-refractivity contribution in [3.8, 4) is 0 Å². The average molecular weight is 405 g/mol. The first-order chi connectivity index (χ1) is 11.6. The number of halogens is 2. The Labute approximate surface area is 166 Å². The molecule has 3 N–H and O–H groups in total. The molecule has 2 heterocycles. The number of morpholine rings is 1.